The molecule has 7 heteroatoms. The summed E-state index contributed by atoms with van der Waals surface area (Å²) < 4.78 is 7.47. The number of rotatable bonds is 4. The fraction of sp³-hybridized carbons (Fsp3) is 1.00. The third kappa shape index (κ3) is 32.7. The molecule has 0 aliphatic carbocycles. The molecule has 0 atom stereocenters. The van der Waals surface area contributed by atoms with Gasteiger partial charge in [0.05, 0.1) is 0 Å². The van der Waals surface area contributed by atoms with Crippen molar-refractivity contribution < 1.29 is 0 Å². The van der Waals surface area contributed by atoms with Gasteiger partial charge in [-0.15, -0.1) is 0 Å². The Balaban J connectivity index is -0.000000256. The third-order valence-electron chi connectivity index (χ3n) is 1.50. The van der Waals surface area contributed by atoms with Crippen LogP contribution in [0.15, 0.2) is 0 Å². The fourth-order valence-corrected chi connectivity index (χ4v) is 20.2. The normalized spacial score (nSPS) is 13.3. The van der Waals surface area contributed by atoms with Crippen molar-refractivity contribution >= 4 is 51.8 Å². The van der Waals surface area contributed by atoms with E-state index in [0.717, 1.165) is 0 Å². The molecular weight excluding hydrogens is 291 g/mol. The van der Waals surface area contributed by atoms with E-state index in [1.165, 1.54) is 0 Å². The Hall–Kier alpha value is 1.38. The molecule has 0 spiro atoms. The van der Waals surface area contributed by atoms with Gasteiger partial charge in [0.15, 0.2) is 0 Å². The van der Waals surface area contributed by atoms with Crippen LogP contribution in [0.25, 0.3) is 0 Å². The average molecular weight is 331 g/mol. The molecule has 0 aromatic heterocycles. The summed E-state index contributed by atoms with van der Waals surface area (Å²) in [5, 5.41) is 0. The van der Waals surface area contributed by atoms with E-state index in [2.05, 4.69) is 87.9 Å². The van der Waals surface area contributed by atoms with Crippen LogP contribution in [0.3, 0.4) is 0 Å². The molecule has 0 aromatic carbocycles. The van der Waals surface area contributed by atoms with Gasteiger partial charge in [0, 0.05) is 0 Å². The SMILES string of the molecule is C[Si](C)(C)N[Si](C)(C)C.C[Si](C)(C)N[Si](C)(C)C.[LiH]. The quantitative estimate of drug-likeness (QED) is 0.765. The zero-order chi connectivity index (χ0) is 15.4. The van der Waals surface area contributed by atoms with E-state index in [1.54, 1.807) is 0 Å². The molecule has 0 heterocycles. The summed E-state index contributed by atoms with van der Waals surface area (Å²) in [6.45, 7) is 28.2. The number of nitrogens with one attached hydrogen (secondary N) is 2. The second-order valence-corrected chi connectivity index (χ2v) is 29.2. The van der Waals surface area contributed by atoms with Gasteiger partial charge < -0.3 is 9.30 Å². The molecule has 0 radical (unpaired) electrons. The van der Waals surface area contributed by atoms with Crippen LogP contribution in [0, 0.1) is 0 Å². The second-order valence-electron chi connectivity index (χ2n) is 9.25. The van der Waals surface area contributed by atoms with Gasteiger partial charge in [0.25, 0.3) is 0 Å². The van der Waals surface area contributed by atoms with Crippen molar-refractivity contribution in [2.75, 3.05) is 0 Å². The Kier molecular flexibility index (Phi) is 11.7. The average Bonchev–Trinajstić information content (AvgIpc) is 1.64. The molecule has 0 unspecified atom stereocenters. The fourth-order valence-electron chi connectivity index (χ4n) is 2.25. The number of hydrogen-bond donors (Lipinski definition) is 2. The Labute approximate surface area is 139 Å². The molecule has 114 valence electrons. The van der Waals surface area contributed by atoms with E-state index in [9.17, 15) is 0 Å². The topological polar surface area (TPSA) is 24.1 Å². The summed E-state index contributed by atoms with van der Waals surface area (Å²) in [5.41, 5.74) is 0. The van der Waals surface area contributed by atoms with Crippen LogP contribution >= 0.6 is 0 Å². The van der Waals surface area contributed by atoms with Crippen LogP contribution in [0.5, 0.6) is 0 Å². The molecular formula is C12H39LiN2Si4. The maximum absolute atomic E-state index is 3.74. The Bertz CT molecular complexity index is 184. The molecule has 0 saturated heterocycles. The second kappa shape index (κ2) is 8.74. The van der Waals surface area contributed by atoms with Crippen LogP contribution < -0.4 is 9.30 Å². The summed E-state index contributed by atoms with van der Waals surface area (Å²) in [4.78, 5) is 0. The Morgan fingerprint density at radius 3 is 0.474 bits per heavy atom. The van der Waals surface area contributed by atoms with E-state index in [0.29, 0.717) is 0 Å². The van der Waals surface area contributed by atoms with Crippen molar-refractivity contribution in [3.05, 3.63) is 0 Å². The van der Waals surface area contributed by atoms with Gasteiger partial charge in [-0.25, -0.2) is 0 Å². The predicted molar refractivity (Wildman–Crippen MR) is 107 cm³/mol. The predicted octanol–water partition coefficient (Wildman–Crippen LogP) is 3.84. The van der Waals surface area contributed by atoms with Crippen LogP contribution in [-0.2, 0) is 0 Å². The first kappa shape index (κ1) is 25.3. The van der Waals surface area contributed by atoms with Gasteiger partial charge in [-0.2, -0.15) is 0 Å². The summed E-state index contributed by atoms with van der Waals surface area (Å²) in [5.74, 6) is 0. The molecule has 2 N–H and O–H groups in total. The van der Waals surface area contributed by atoms with Gasteiger partial charge in [-0.3, -0.25) is 0 Å². The van der Waals surface area contributed by atoms with Crippen LogP contribution in [0.2, 0.25) is 78.6 Å². The summed E-state index contributed by atoms with van der Waals surface area (Å²) in [6, 6.07) is 0. The zero-order valence-corrected chi connectivity index (χ0v) is 19.0. The Morgan fingerprint density at radius 1 is 0.368 bits per heavy atom. The molecule has 0 amide bonds. The molecule has 19 heavy (non-hydrogen) atoms. The molecule has 0 rings (SSSR count). The minimum absolute atomic E-state index is 0. The van der Waals surface area contributed by atoms with Crippen molar-refractivity contribution in [2.45, 2.75) is 78.6 Å². The van der Waals surface area contributed by atoms with E-state index >= 15 is 0 Å². The third-order valence-corrected chi connectivity index (χ3v) is 13.5. The minimum atomic E-state index is -0.981. The van der Waals surface area contributed by atoms with E-state index < -0.39 is 32.9 Å². The van der Waals surface area contributed by atoms with Gasteiger partial charge >= 0.3 is 18.9 Å². The standard InChI is InChI=1S/2C6H19NSi2.Li.H/c2*1-8(2,3)7-9(4,5)6;;/h2*7H,1-6H3;;. The van der Waals surface area contributed by atoms with Gasteiger partial charge in [0.1, 0.15) is 32.9 Å². The molecule has 0 saturated carbocycles. The first-order valence-corrected chi connectivity index (χ1v) is 21.0. The first-order chi connectivity index (χ1) is 7.41. The molecule has 0 aliphatic heterocycles. The Morgan fingerprint density at radius 2 is 0.474 bits per heavy atom. The first-order valence-electron chi connectivity index (χ1n) is 7.00. The maximum atomic E-state index is 3.74. The summed E-state index contributed by atoms with van der Waals surface area (Å²) >= 11 is 0. The number of hydrogen-bond acceptors (Lipinski definition) is 2. The van der Waals surface area contributed by atoms with Gasteiger partial charge in [0.2, 0.25) is 0 Å². The van der Waals surface area contributed by atoms with Crippen LogP contribution in [-0.4, -0.2) is 51.8 Å². The molecule has 0 bridgehead atoms. The molecule has 2 nitrogen and oxygen atoms in total. The van der Waals surface area contributed by atoms with Crippen molar-refractivity contribution in [1.82, 2.24) is 9.30 Å². The van der Waals surface area contributed by atoms with Crippen LogP contribution in [0.1, 0.15) is 0 Å². The monoisotopic (exact) mass is 330 g/mol. The van der Waals surface area contributed by atoms with E-state index in [4.69, 9.17) is 0 Å². The molecule has 0 aliphatic rings. The van der Waals surface area contributed by atoms with Crippen molar-refractivity contribution in [1.29, 1.82) is 0 Å². The molecule has 0 fully saturated rings. The van der Waals surface area contributed by atoms with Gasteiger partial charge in [-0.1, -0.05) is 78.6 Å². The van der Waals surface area contributed by atoms with Gasteiger partial charge in [-0.05, 0) is 0 Å². The van der Waals surface area contributed by atoms with Crippen molar-refractivity contribution in [3.8, 4) is 0 Å². The van der Waals surface area contributed by atoms with E-state index in [-0.39, 0.29) is 18.9 Å². The summed E-state index contributed by atoms with van der Waals surface area (Å²) in [7, 11) is -3.92. The zero-order valence-electron chi connectivity index (χ0n) is 15.0. The summed E-state index contributed by atoms with van der Waals surface area (Å²) in [6.07, 6.45) is 0. The van der Waals surface area contributed by atoms with Crippen molar-refractivity contribution in [2.24, 2.45) is 0 Å². The van der Waals surface area contributed by atoms with E-state index in [1.807, 2.05) is 0 Å². The van der Waals surface area contributed by atoms with Crippen LogP contribution in [0.4, 0.5) is 0 Å². The molecule has 0 aromatic rings. The van der Waals surface area contributed by atoms with Crippen molar-refractivity contribution in [3.63, 3.8) is 0 Å².